The van der Waals surface area contributed by atoms with Crippen LogP contribution >= 0.6 is 15.9 Å². The molecule has 1 aromatic carbocycles. The second kappa shape index (κ2) is 9.19. The maximum atomic E-state index is 11.8. The Balaban J connectivity index is 2.69. The van der Waals surface area contributed by atoms with Gasteiger partial charge in [0.2, 0.25) is 5.91 Å². The van der Waals surface area contributed by atoms with Crippen LogP contribution in [0.25, 0.3) is 0 Å². The SMILES string of the molecule is COC(=O)CCC(=O)N[C@H](Cc1ccccc1Br)C(=O)OC. The van der Waals surface area contributed by atoms with Gasteiger partial charge < -0.3 is 14.8 Å². The third-order valence-corrected chi connectivity index (χ3v) is 3.76. The van der Waals surface area contributed by atoms with Gasteiger partial charge in [-0.2, -0.15) is 0 Å². The molecule has 0 saturated heterocycles. The number of amides is 1. The average Bonchev–Trinajstić information content (AvgIpc) is 2.53. The summed E-state index contributed by atoms with van der Waals surface area (Å²) in [6.07, 6.45) is 0.208. The highest BCUT2D eigenvalue weighted by molar-refractivity contribution is 9.10. The van der Waals surface area contributed by atoms with E-state index in [0.29, 0.717) is 0 Å². The molecule has 1 N–H and O–H groups in total. The Morgan fingerprint density at radius 3 is 2.41 bits per heavy atom. The van der Waals surface area contributed by atoms with Crippen molar-refractivity contribution in [3.8, 4) is 0 Å². The van der Waals surface area contributed by atoms with Crippen LogP contribution in [0, 0.1) is 0 Å². The molecular weight excluding hydrogens is 354 g/mol. The number of carbonyl (C=O) groups excluding carboxylic acids is 3. The highest BCUT2D eigenvalue weighted by Gasteiger charge is 2.23. The van der Waals surface area contributed by atoms with Gasteiger partial charge in [0.05, 0.1) is 20.6 Å². The summed E-state index contributed by atoms with van der Waals surface area (Å²) in [5.74, 6) is -1.43. The normalized spacial score (nSPS) is 11.4. The fourth-order valence-corrected chi connectivity index (χ4v) is 2.25. The zero-order valence-corrected chi connectivity index (χ0v) is 14.0. The summed E-state index contributed by atoms with van der Waals surface area (Å²) in [4.78, 5) is 34.7. The van der Waals surface area contributed by atoms with Crippen molar-refractivity contribution in [1.29, 1.82) is 0 Å². The van der Waals surface area contributed by atoms with Gasteiger partial charge in [-0.1, -0.05) is 34.1 Å². The van der Waals surface area contributed by atoms with Crippen LogP contribution in [0.15, 0.2) is 28.7 Å². The largest absolute Gasteiger partial charge is 0.469 e. The Bertz CT molecular complexity index is 546. The van der Waals surface area contributed by atoms with Crippen LogP contribution in [0.5, 0.6) is 0 Å². The fraction of sp³-hybridized carbons (Fsp3) is 0.400. The number of ether oxygens (including phenoxy) is 2. The lowest BCUT2D eigenvalue weighted by Gasteiger charge is -2.17. The zero-order valence-electron chi connectivity index (χ0n) is 12.4. The topological polar surface area (TPSA) is 81.7 Å². The Hall–Kier alpha value is -1.89. The van der Waals surface area contributed by atoms with E-state index in [2.05, 4.69) is 26.0 Å². The lowest BCUT2D eigenvalue weighted by molar-refractivity contribution is -0.145. The van der Waals surface area contributed by atoms with Crippen molar-refractivity contribution in [2.75, 3.05) is 14.2 Å². The molecule has 0 aliphatic carbocycles. The van der Waals surface area contributed by atoms with E-state index in [0.717, 1.165) is 10.0 Å². The van der Waals surface area contributed by atoms with Crippen molar-refractivity contribution >= 4 is 33.8 Å². The first-order chi connectivity index (χ1) is 10.5. The molecule has 1 atom stereocenters. The van der Waals surface area contributed by atoms with E-state index >= 15 is 0 Å². The van der Waals surface area contributed by atoms with E-state index < -0.39 is 23.9 Å². The lowest BCUT2D eigenvalue weighted by Crippen LogP contribution is -2.43. The minimum Gasteiger partial charge on any atom is -0.469 e. The Morgan fingerprint density at radius 1 is 1.14 bits per heavy atom. The molecule has 22 heavy (non-hydrogen) atoms. The third kappa shape index (κ3) is 5.85. The highest BCUT2D eigenvalue weighted by Crippen LogP contribution is 2.18. The predicted molar refractivity (Wildman–Crippen MR) is 83.0 cm³/mol. The van der Waals surface area contributed by atoms with Crippen molar-refractivity contribution in [2.45, 2.75) is 25.3 Å². The number of carbonyl (C=O) groups is 3. The van der Waals surface area contributed by atoms with Gasteiger partial charge in [0, 0.05) is 17.3 Å². The van der Waals surface area contributed by atoms with Gasteiger partial charge in [-0.25, -0.2) is 4.79 Å². The first kappa shape index (κ1) is 18.2. The monoisotopic (exact) mass is 371 g/mol. The van der Waals surface area contributed by atoms with Crippen LogP contribution in [0.1, 0.15) is 18.4 Å². The molecule has 120 valence electrons. The number of hydrogen-bond acceptors (Lipinski definition) is 5. The molecule has 0 aliphatic heterocycles. The van der Waals surface area contributed by atoms with E-state index in [1.54, 1.807) is 0 Å². The number of benzene rings is 1. The van der Waals surface area contributed by atoms with Gasteiger partial charge in [0.15, 0.2) is 0 Å². The zero-order chi connectivity index (χ0) is 16.5. The molecular formula is C15H18BrNO5. The lowest BCUT2D eigenvalue weighted by atomic mass is 10.1. The summed E-state index contributed by atoms with van der Waals surface area (Å²) in [6.45, 7) is 0. The maximum absolute atomic E-state index is 11.8. The molecule has 1 amide bonds. The van der Waals surface area contributed by atoms with Gasteiger partial charge in [-0.05, 0) is 11.6 Å². The van der Waals surface area contributed by atoms with Crippen LogP contribution < -0.4 is 5.32 Å². The minimum atomic E-state index is -0.811. The van der Waals surface area contributed by atoms with Crippen LogP contribution in [-0.2, 0) is 30.3 Å². The number of hydrogen-bond donors (Lipinski definition) is 1. The van der Waals surface area contributed by atoms with Gasteiger partial charge in [-0.15, -0.1) is 0 Å². The van der Waals surface area contributed by atoms with Gasteiger partial charge in [0.1, 0.15) is 6.04 Å². The molecule has 0 aromatic heterocycles. The van der Waals surface area contributed by atoms with Crippen molar-refractivity contribution in [1.82, 2.24) is 5.32 Å². The second-order valence-corrected chi connectivity index (χ2v) is 5.37. The molecule has 0 spiro atoms. The van der Waals surface area contributed by atoms with E-state index in [-0.39, 0.29) is 19.3 Å². The predicted octanol–water partition coefficient (Wildman–Crippen LogP) is 1.60. The molecule has 0 bridgehead atoms. The number of esters is 2. The number of nitrogens with one attached hydrogen (secondary N) is 1. The third-order valence-electron chi connectivity index (χ3n) is 2.99. The van der Waals surface area contributed by atoms with Gasteiger partial charge >= 0.3 is 11.9 Å². The molecule has 0 radical (unpaired) electrons. The molecule has 0 aliphatic rings. The maximum Gasteiger partial charge on any atom is 0.328 e. The van der Waals surface area contributed by atoms with E-state index in [4.69, 9.17) is 4.74 Å². The standard InChI is InChI=1S/C15H18BrNO5/c1-21-14(19)8-7-13(18)17-12(15(20)22-2)9-10-5-3-4-6-11(10)16/h3-6,12H,7-9H2,1-2H3,(H,17,18)/t12-/m1/s1. The van der Waals surface area contributed by atoms with Crippen molar-refractivity contribution in [3.63, 3.8) is 0 Å². The van der Waals surface area contributed by atoms with E-state index in [1.165, 1.54) is 14.2 Å². The van der Waals surface area contributed by atoms with E-state index in [9.17, 15) is 14.4 Å². The summed E-state index contributed by atoms with van der Waals surface area (Å²) < 4.78 is 10.0. The summed E-state index contributed by atoms with van der Waals surface area (Å²) in [5, 5.41) is 2.58. The molecule has 0 unspecified atom stereocenters. The second-order valence-electron chi connectivity index (χ2n) is 4.51. The van der Waals surface area contributed by atoms with E-state index in [1.807, 2.05) is 24.3 Å². The molecule has 0 heterocycles. The quantitative estimate of drug-likeness (QED) is 0.736. The fourth-order valence-electron chi connectivity index (χ4n) is 1.80. The first-order valence-electron chi connectivity index (χ1n) is 6.65. The summed E-state index contributed by atoms with van der Waals surface area (Å²) in [7, 11) is 2.51. The van der Waals surface area contributed by atoms with Gasteiger partial charge in [0.25, 0.3) is 0 Å². The average molecular weight is 372 g/mol. The number of rotatable bonds is 7. The van der Waals surface area contributed by atoms with Crippen LogP contribution in [0.3, 0.4) is 0 Å². The first-order valence-corrected chi connectivity index (χ1v) is 7.44. The molecule has 1 aromatic rings. The molecule has 1 rings (SSSR count). The highest BCUT2D eigenvalue weighted by atomic mass is 79.9. The molecule has 6 nitrogen and oxygen atoms in total. The number of halogens is 1. The van der Waals surface area contributed by atoms with Crippen molar-refractivity contribution in [3.05, 3.63) is 34.3 Å². The Kier molecular flexibility index (Phi) is 7.59. The number of methoxy groups -OCH3 is 2. The Labute approximate surface area is 137 Å². The van der Waals surface area contributed by atoms with Crippen LogP contribution in [0.2, 0.25) is 0 Å². The summed E-state index contributed by atoms with van der Waals surface area (Å²) in [5.41, 5.74) is 0.867. The molecule has 7 heteroatoms. The van der Waals surface area contributed by atoms with Gasteiger partial charge in [-0.3, -0.25) is 9.59 Å². The van der Waals surface area contributed by atoms with Crippen molar-refractivity contribution < 1.29 is 23.9 Å². The van der Waals surface area contributed by atoms with Crippen LogP contribution in [-0.4, -0.2) is 38.1 Å². The summed E-state index contributed by atoms with van der Waals surface area (Å²) in [6, 6.07) is 6.58. The Morgan fingerprint density at radius 2 is 1.82 bits per heavy atom. The summed E-state index contributed by atoms with van der Waals surface area (Å²) >= 11 is 3.40. The smallest absolute Gasteiger partial charge is 0.328 e. The minimum absolute atomic E-state index is 0.0365. The molecule has 0 saturated carbocycles. The van der Waals surface area contributed by atoms with Crippen LogP contribution in [0.4, 0.5) is 0 Å². The molecule has 0 fully saturated rings. The van der Waals surface area contributed by atoms with Crippen molar-refractivity contribution in [2.24, 2.45) is 0 Å².